The number of likely N-dealkylation sites (tertiary alicyclic amines) is 1. The minimum absolute atomic E-state index is 0.0950. The normalized spacial score (nSPS) is 20.9. The Balaban J connectivity index is 1.45. The number of anilines is 1. The fraction of sp³-hybridized carbons (Fsp3) is 0.500. The van der Waals surface area contributed by atoms with E-state index in [1.807, 2.05) is 19.1 Å². The molecule has 27 heavy (non-hydrogen) atoms. The first-order valence-corrected chi connectivity index (χ1v) is 10.1. The number of benzene rings is 1. The summed E-state index contributed by atoms with van der Waals surface area (Å²) in [6, 6.07) is 8.28. The standard InChI is InChI=1S/C22H28N4O/c1-16-20(24-13-12-23-16)15-26-14-4-2-3-5-21(26)22(27)25-19-10-8-18(9-11-19)17-6-7-17/h8-13,17,21H,2-7,14-15H2,1H3,(H,25,27)/t21-/m1/s1. The fourth-order valence-electron chi connectivity index (χ4n) is 3.92. The average molecular weight is 364 g/mol. The summed E-state index contributed by atoms with van der Waals surface area (Å²) in [5, 5.41) is 3.14. The summed E-state index contributed by atoms with van der Waals surface area (Å²) in [6.45, 7) is 3.59. The van der Waals surface area contributed by atoms with Crippen LogP contribution in [0.4, 0.5) is 5.69 Å². The molecule has 1 saturated carbocycles. The van der Waals surface area contributed by atoms with Gasteiger partial charge in [-0.25, -0.2) is 0 Å². The lowest BCUT2D eigenvalue weighted by molar-refractivity contribution is -0.121. The summed E-state index contributed by atoms with van der Waals surface area (Å²) < 4.78 is 0. The number of rotatable bonds is 5. The van der Waals surface area contributed by atoms with Gasteiger partial charge in [-0.15, -0.1) is 0 Å². The van der Waals surface area contributed by atoms with Crippen molar-refractivity contribution in [2.75, 3.05) is 11.9 Å². The molecule has 4 rings (SSSR count). The van der Waals surface area contributed by atoms with Crippen LogP contribution in [0, 0.1) is 6.92 Å². The van der Waals surface area contributed by atoms with Crippen molar-refractivity contribution in [1.29, 1.82) is 0 Å². The van der Waals surface area contributed by atoms with Gasteiger partial charge in [0.05, 0.1) is 17.4 Å². The van der Waals surface area contributed by atoms with Gasteiger partial charge >= 0.3 is 0 Å². The van der Waals surface area contributed by atoms with Crippen LogP contribution in [0.25, 0.3) is 0 Å². The molecule has 0 unspecified atom stereocenters. The maximum atomic E-state index is 13.0. The lowest BCUT2D eigenvalue weighted by Gasteiger charge is -2.29. The monoisotopic (exact) mass is 364 g/mol. The lowest BCUT2D eigenvalue weighted by atomic mass is 10.1. The summed E-state index contributed by atoms with van der Waals surface area (Å²) in [5.74, 6) is 0.833. The van der Waals surface area contributed by atoms with Crippen molar-refractivity contribution in [3.05, 3.63) is 53.6 Å². The van der Waals surface area contributed by atoms with Crippen LogP contribution in [0.3, 0.4) is 0 Å². The van der Waals surface area contributed by atoms with Gasteiger partial charge in [-0.1, -0.05) is 25.0 Å². The molecule has 2 heterocycles. The molecule has 142 valence electrons. The van der Waals surface area contributed by atoms with Crippen molar-refractivity contribution in [2.45, 2.75) is 64.0 Å². The summed E-state index contributed by atoms with van der Waals surface area (Å²) in [7, 11) is 0. The number of carbonyl (C=O) groups is 1. The molecule has 5 heteroatoms. The van der Waals surface area contributed by atoms with Gasteiger partial charge in [0.1, 0.15) is 0 Å². The SMILES string of the molecule is Cc1nccnc1CN1CCCCC[C@@H]1C(=O)Nc1ccc(C2CC2)cc1. The Labute approximate surface area is 161 Å². The maximum Gasteiger partial charge on any atom is 0.241 e. The van der Waals surface area contributed by atoms with Crippen LogP contribution in [0.5, 0.6) is 0 Å². The first-order chi connectivity index (χ1) is 13.2. The second kappa shape index (κ2) is 8.17. The molecule has 1 aromatic heterocycles. The van der Waals surface area contributed by atoms with Crippen LogP contribution in [-0.4, -0.2) is 33.4 Å². The molecule has 2 aliphatic rings. The van der Waals surface area contributed by atoms with E-state index in [2.05, 4.69) is 32.3 Å². The van der Waals surface area contributed by atoms with Crippen LogP contribution >= 0.6 is 0 Å². The second-order valence-electron chi connectivity index (χ2n) is 7.81. The number of aromatic nitrogens is 2. The number of aryl methyl sites for hydroxylation is 1. The molecular formula is C22H28N4O. The van der Waals surface area contributed by atoms with Crippen LogP contribution in [0.1, 0.15) is 61.4 Å². The summed E-state index contributed by atoms with van der Waals surface area (Å²) in [6.07, 6.45) is 10.3. The van der Waals surface area contributed by atoms with Crippen molar-refractivity contribution in [3.63, 3.8) is 0 Å². The largest absolute Gasteiger partial charge is 0.325 e. The quantitative estimate of drug-likeness (QED) is 0.870. The Bertz CT molecular complexity index is 785. The average Bonchev–Trinajstić information content (AvgIpc) is 3.52. The number of nitrogens with zero attached hydrogens (tertiary/aromatic N) is 3. The van der Waals surface area contributed by atoms with Crippen molar-refractivity contribution in [2.24, 2.45) is 0 Å². The first-order valence-electron chi connectivity index (χ1n) is 10.1. The van der Waals surface area contributed by atoms with Gasteiger partial charge in [0.15, 0.2) is 0 Å². The summed E-state index contributed by atoms with van der Waals surface area (Å²) in [4.78, 5) is 24.1. The van der Waals surface area contributed by atoms with E-state index >= 15 is 0 Å². The molecule has 1 aliphatic carbocycles. The molecule has 1 aromatic carbocycles. The Hall–Kier alpha value is -2.27. The molecule has 0 bridgehead atoms. The van der Waals surface area contributed by atoms with E-state index in [4.69, 9.17) is 0 Å². The highest BCUT2D eigenvalue weighted by atomic mass is 16.2. The molecule has 2 aromatic rings. The molecule has 1 saturated heterocycles. The van der Waals surface area contributed by atoms with Gasteiger partial charge in [-0.2, -0.15) is 0 Å². The predicted octanol–water partition coefficient (Wildman–Crippen LogP) is 4.05. The van der Waals surface area contributed by atoms with Gasteiger partial charge in [0.25, 0.3) is 0 Å². The molecule has 0 radical (unpaired) electrons. The minimum atomic E-state index is -0.114. The Morgan fingerprint density at radius 2 is 1.85 bits per heavy atom. The fourth-order valence-corrected chi connectivity index (χ4v) is 3.92. The highest BCUT2D eigenvalue weighted by Gasteiger charge is 2.28. The minimum Gasteiger partial charge on any atom is -0.325 e. The summed E-state index contributed by atoms with van der Waals surface area (Å²) in [5.41, 5.74) is 4.19. The van der Waals surface area contributed by atoms with Crippen molar-refractivity contribution in [1.82, 2.24) is 14.9 Å². The van der Waals surface area contributed by atoms with Gasteiger partial charge in [0.2, 0.25) is 5.91 Å². The van der Waals surface area contributed by atoms with Crippen molar-refractivity contribution >= 4 is 11.6 Å². The molecular weight excluding hydrogens is 336 g/mol. The number of carbonyl (C=O) groups excluding carboxylic acids is 1. The molecule has 5 nitrogen and oxygen atoms in total. The predicted molar refractivity (Wildman–Crippen MR) is 106 cm³/mol. The highest BCUT2D eigenvalue weighted by molar-refractivity contribution is 5.94. The van der Waals surface area contributed by atoms with Crippen LogP contribution in [0.2, 0.25) is 0 Å². The molecule has 1 N–H and O–H groups in total. The number of nitrogens with one attached hydrogen (secondary N) is 1. The third kappa shape index (κ3) is 4.53. The van der Waals surface area contributed by atoms with E-state index in [1.54, 1.807) is 12.4 Å². The Kier molecular flexibility index (Phi) is 5.48. The van der Waals surface area contributed by atoms with E-state index < -0.39 is 0 Å². The van der Waals surface area contributed by atoms with E-state index in [0.29, 0.717) is 6.54 Å². The maximum absolute atomic E-state index is 13.0. The zero-order valence-electron chi connectivity index (χ0n) is 16.0. The van der Waals surface area contributed by atoms with Crippen LogP contribution in [0.15, 0.2) is 36.7 Å². The van der Waals surface area contributed by atoms with Gasteiger partial charge in [-0.05, 0) is 62.8 Å². The molecule has 1 amide bonds. The third-order valence-corrected chi connectivity index (χ3v) is 5.73. The zero-order valence-corrected chi connectivity index (χ0v) is 16.0. The zero-order chi connectivity index (χ0) is 18.6. The Morgan fingerprint density at radius 3 is 2.59 bits per heavy atom. The van der Waals surface area contributed by atoms with Crippen LogP contribution in [-0.2, 0) is 11.3 Å². The summed E-state index contributed by atoms with van der Waals surface area (Å²) >= 11 is 0. The van der Waals surface area contributed by atoms with E-state index in [0.717, 1.165) is 48.8 Å². The topological polar surface area (TPSA) is 58.1 Å². The number of hydrogen-bond donors (Lipinski definition) is 1. The van der Waals surface area contributed by atoms with Gasteiger partial charge < -0.3 is 5.32 Å². The van der Waals surface area contributed by atoms with Gasteiger partial charge in [0, 0.05) is 24.6 Å². The lowest BCUT2D eigenvalue weighted by Crippen LogP contribution is -2.43. The second-order valence-corrected chi connectivity index (χ2v) is 7.81. The van der Waals surface area contributed by atoms with E-state index in [1.165, 1.54) is 24.8 Å². The molecule has 0 spiro atoms. The number of amides is 1. The highest BCUT2D eigenvalue weighted by Crippen LogP contribution is 2.40. The van der Waals surface area contributed by atoms with E-state index in [9.17, 15) is 4.79 Å². The third-order valence-electron chi connectivity index (χ3n) is 5.73. The molecule has 1 atom stereocenters. The van der Waals surface area contributed by atoms with Gasteiger partial charge in [-0.3, -0.25) is 19.7 Å². The molecule has 2 fully saturated rings. The number of hydrogen-bond acceptors (Lipinski definition) is 4. The first kappa shape index (κ1) is 18.1. The van der Waals surface area contributed by atoms with E-state index in [-0.39, 0.29) is 11.9 Å². The molecule has 1 aliphatic heterocycles. The Morgan fingerprint density at radius 1 is 1.07 bits per heavy atom. The van der Waals surface area contributed by atoms with Crippen molar-refractivity contribution < 1.29 is 4.79 Å². The smallest absolute Gasteiger partial charge is 0.241 e. The van der Waals surface area contributed by atoms with Crippen molar-refractivity contribution in [3.8, 4) is 0 Å². The van der Waals surface area contributed by atoms with Crippen LogP contribution < -0.4 is 5.32 Å².